The molecule has 3 aromatic carbocycles. The van der Waals surface area contributed by atoms with E-state index in [4.69, 9.17) is 19.3 Å². The summed E-state index contributed by atoms with van der Waals surface area (Å²) in [5, 5.41) is 15.7. The van der Waals surface area contributed by atoms with Crippen LogP contribution in [0.15, 0.2) is 84.9 Å². The molecule has 7 heteroatoms. The Hall–Kier alpha value is -3.65. The first-order chi connectivity index (χ1) is 18.9. The Morgan fingerprint density at radius 2 is 1.51 bits per heavy atom. The van der Waals surface area contributed by atoms with Crippen LogP contribution >= 0.6 is 0 Å². The van der Waals surface area contributed by atoms with Gasteiger partial charge in [-0.15, -0.1) is 0 Å². The molecule has 1 heterocycles. The SMILES string of the molecule is COc1ccc(Oc2c(CN(CC(C)C)C[C@@H](O)COCc3ccccc3)c(C)nn2-c2ccccc2)cc1. The number of nitrogens with zero attached hydrogens (tertiary/aromatic N) is 3. The predicted octanol–water partition coefficient (Wildman–Crippen LogP) is 6.02. The topological polar surface area (TPSA) is 69.0 Å². The first-order valence-corrected chi connectivity index (χ1v) is 13.4. The van der Waals surface area contributed by atoms with Gasteiger partial charge in [0.1, 0.15) is 11.5 Å². The number of aliphatic hydroxyl groups is 1. The molecule has 4 rings (SSSR count). The molecule has 206 valence electrons. The number of hydrogen-bond acceptors (Lipinski definition) is 6. The van der Waals surface area contributed by atoms with Gasteiger partial charge in [-0.3, -0.25) is 4.90 Å². The summed E-state index contributed by atoms with van der Waals surface area (Å²) in [5.41, 5.74) is 3.87. The van der Waals surface area contributed by atoms with Crippen molar-refractivity contribution in [1.29, 1.82) is 0 Å². The van der Waals surface area contributed by atoms with Gasteiger partial charge in [0.2, 0.25) is 5.88 Å². The number of para-hydroxylation sites is 1. The fourth-order valence-corrected chi connectivity index (χ4v) is 4.51. The van der Waals surface area contributed by atoms with Crippen LogP contribution in [0.5, 0.6) is 17.4 Å². The van der Waals surface area contributed by atoms with Crippen LogP contribution < -0.4 is 9.47 Å². The molecule has 1 atom stereocenters. The first-order valence-electron chi connectivity index (χ1n) is 13.4. The highest BCUT2D eigenvalue weighted by atomic mass is 16.5. The predicted molar refractivity (Wildman–Crippen MR) is 154 cm³/mol. The van der Waals surface area contributed by atoms with E-state index in [-0.39, 0.29) is 6.61 Å². The van der Waals surface area contributed by atoms with Gasteiger partial charge in [0.05, 0.1) is 43.4 Å². The molecule has 0 spiro atoms. The summed E-state index contributed by atoms with van der Waals surface area (Å²) in [6.45, 7) is 8.98. The summed E-state index contributed by atoms with van der Waals surface area (Å²) in [4.78, 5) is 2.25. The van der Waals surface area contributed by atoms with Crippen molar-refractivity contribution in [3.8, 4) is 23.1 Å². The smallest absolute Gasteiger partial charge is 0.227 e. The summed E-state index contributed by atoms with van der Waals surface area (Å²) in [5.74, 6) is 2.53. The Labute approximate surface area is 231 Å². The molecule has 0 radical (unpaired) electrons. The van der Waals surface area contributed by atoms with E-state index in [2.05, 4.69) is 18.7 Å². The van der Waals surface area contributed by atoms with Gasteiger partial charge in [0, 0.05) is 19.6 Å². The standard InChI is InChI=1S/C32H39N3O4/c1-24(2)19-34(20-28(36)23-38-22-26-11-7-5-8-12-26)21-31-25(3)33-35(27-13-9-6-10-14-27)32(31)39-30-17-15-29(37-4)16-18-30/h5-18,24,28,36H,19-23H2,1-4H3/t28-/m1/s1. The number of aliphatic hydroxyl groups excluding tert-OH is 1. The van der Waals surface area contributed by atoms with Crippen molar-refractivity contribution < 1.29 is 19.3 Å². The quantitative estimate of drug-likeness (QED) is 0.216. The van der Waals surface area contributed by atoms with Crippen LogP contribution in [0.2, 0.25) is 0 Å². The van der Waals surface area contributed by atoms with Gasteiger partial charge < -0.3 is 19.3 Å². The highest BCUT2D eigenvalue weighted by Crippen LogP contribution is 2.32. The lowest BCUT2D eigenvalue weighted by molar-refractivity contribution is 0.00666. The van der Waals surface area contributed by atoms with Crippen LogP contribution in [0, 0.1) is 12.8 Å². The van der Waals surface area contributed by atoms with Crippen LogP contribution in [0.4, 0.5) is 0 Å². The monoisotopic (exact) mass is 529 g/mol. The lowest BCUT2D eigenvalue weighted by Gasteiger charge is -2.27. The van der Waals surface area contributed by atoms with Crippen LogP contribution in [0.1, 0.15) is 30.7 Å². The van der Waals surface area contributed by atoms with E-state index in [1.165, 1.54) is 0 Å². The van der Waals surface area contributed by atoms with Crippen molar-refractivity contribution in [1.82, 2.24) is 14.7 Å². The Morgan fingerprint density at radius 3 is 2.15 bits per heavy atom. The van der Waals surface area contributed by atoms with E-state index in [0.29, 0.717) is 37.2 Å². The zero-order valence-electron chi connectivity index (χ0n) is 23.3. The maximum atomic E-state index is 10.9. The average Bonchev–Trinajstić information content (AvgIpc) is 3.24. The third kappa shape index (κ3) is 8.17. The summed E-state index contributed by atoms with van der Waals surface area (Å²) in [6.07, 6.45) is -0.622. The van der Waals surface area contributed by atoms with Gasteiger partial charge >= 0.3 is 0 Å². The second-order valence-corrected chi connectivity index (χ2v) is 10.1. The number of benzene rings is 3. The molecule has 1 N–H and O–H groups in total. The summed E-state index contributed by atoms with van der Waals surface area (Å²) in [7, 11) is 1.65. The minimum Gasteiger partial charge on any atom is -0.497 e. The highest BCUT2D eigenvalue weighted by Gasteiger charge is 2.23. The van der Waals surface area contributed by atoms with E-state index >= 15 is 0 Å². The highest BCUT2D eigenvalue weighted by molar-refractivity contribution is 5.44. The number of aromatic nitrogens is 2. The Kier molecular flexibility index (Phi) is 10.1. The van der Waals surface area contributed by atoms with Crippen molar-refractivity contribution >= 4 is 0 Å². The van der Waals surface area contributed by atoms with Crippen molar-refractivity contribution in [2.75, 3.05) is 26.8 Å². The third-order valence-corrected chi connectivity index (χ3v) is 6.31. The maximum Gasteiger partial charge on any atom is 0.227 e. The number of rotatable bonds is 14. The zero-order chi connectivity index (χ0) is 27.6. The summed E-state index contributed by atoms with van der Waals surface area (Å²) in [6, 6.07) is 27.5. The Bertz CT molecular complexity index is 1270. The average molecular weight is 530 g/mol. The third-order valence-electron chi connectivity index (χ3n) is 6.31. The molecule has 0 saturated heterocycles. The van der Waals surface area contributed by atoms with Crippen molar-refractivity contribution in [2.24, 2.45) is 5.92 Å². The van der Waals surface area contributed by atoms with E-state index in [1.54, 1.807) is 7.11 Å². The minimum atomic E-state index is -0.622. The fourth-order valence-electron chi connectivity index (χ4n) is 4.51. The molecule has 0 aliphatic heterocycles. The molecule has 0 bridgehead atoms. The van der Waals surface area contributed by atoms with Crippen LogP contribution in [-0.4, -0.2) is 52.7 Å². The van der Waals surface area contributed by atoms with E-state index in [9.17, 15) is 5.11 Å². The molecule has 0 saturated carbocycles. The molecule has 0 aliphatic carbocycles. The van der Waals surface area contributed by atoms with E-state index in [0.717, 1.165) is 34.8 Å². The van der Waals surface area contributed by atoms with Crippen molar-refractivity contribution in [3.63, 3.8) is 0 Å². The minimum absolute atomic E-state index is 0.265. The summed E-state index contributed by atoms with van der Waals surface area (Å²) < 4.78 is 19.4. The molecule has 0 amide bonds. The second kappa shape index (κ2) is 13.9. The zero-order valence-corrected chi connectivity index (χ0v) is 23.3. The van der Waals surface area contributed by atoms with Crippen molar-refractivity contribution in [2.45, 2.75) is 40.0 Å². The molecular formula is C32H39N3O4. The van der Waals surface area contributed by atoms with Gasteiger partial charge in [-0.1, -0.05) is 62.4 Å². The normalized spacial score (nSPS) is 12.2. The lowest BCUT2D eigenvalue weighted by atomic mass is 10.1. The van der Waals surface area contributed by atoms with Gasteiger partial charge in [0.25, 0.3) is 0 Å². The molecular weight excluding hydrogens is 490 g/mol. The number of hydrogen-bond donors (Lipinski definition) is 1. The second-order valence-electron chi connectivity index (χ2n) is 10.1. The maximum absolute atomic E-state index is 10.9. The fraction of sp³-hybridized carbons (Fsp3) is 0.344. The lowest BCUT2D eigenvalue weighted by Crippen LogP contribution is -2.37. The molecule has 1 aromatic heterocycles. The van der Waals surface area contributed by atoms with Gasteiger partial charge in [-0.2, -0.15) is 5.10 Å². The molecule has 4 aromatic rings. The number of aryl methyl sites for hydroxylation is 1. The Balaban J connectivity index is 1.55. The summed E-state index contributed by atoms with van der Waals surface area (Å²) >= 11 is 0. The van der Waals surface area contributed by atoms with Gasteiger partial charge in [-0.05, 0) is 54.8 Å². The van der Waals surface area contributed by atoms with E-state index < -0.39 is 6.10 Å². The molecule has 0 aliphatic rings. The van der Waals surface area contributed by atoms with E-state index in [1.807, 2.05) is 96.5 Å². The molecule has 7 nitrogen and oxygen atoms in total. The van der Waals surface area contributed by atoms with Crippen LogP contribution in [0.3, 0.4) is 0 Å². The van der Waals surface area contributed by atoms with Crippen molar-refractivity contribution in [3.05, 3.63) is 102 Å². The van der Waals surface area contributed by atoms with Gasteiger partial charge in [-0.25, -0.2) is 4.68 Å². The van der Waals surface area contributed by atoms with Crippen LogP contribution in [-0.2, 0) is 17.9 Å². The number of methoxy groups -OCH3 is 1. The Morgan fingerprint density at radius 1 is 0.872 bits per heavy atom. The van der Waals surface area contributed by atoms with Crippen LogP contribution in [0.25, 0.3) is 5.69 Å². The first kappa shape index (κ1) is 28.4. The molecule has 39 heavy (non-hydrogen) atoms. The molecule has 0 fully saturated rings. The van der Waals surface area contributed by atoms with Gasteiger partial charge in [0.15, 0.2) is 0 Å². The largest absolute Gasteiger partial charge is 0.497 e. The molecule has 0 unspecified atom stereocenters. The number of ether oxygens (including phenoxy) is 3.